The van der Waals surface area contributed by atoms with Crippen LogP contribution in [0.15, 0.2) is 23.1 Å². The maximum absolute atomic E-state index is 12.4. The van der Waals surface area contributed by atoms with Gasteiger partial charge in [0, 0.05) is 36.6 Å². The Kier molecular flexibility index (Phi) is 7.50. The van der Waals surface area contributed by atoms with E-state index in [0.717, 1.165) is 73.5 Å². The van der Waals surface area contributed by atoms with E-state index in [1.807, 2.05) is 17.0 Å². The predicted molar refractivity (Wildman–Crippen MR) is 105 cm³/mol. The van der Waals surface area contributed by atoms with Crippen LogP contribution < -0.4 is 14.8 Å². The maximum Gasteiger partial charge on any atom is 0.223 e. The SMILES string of the molecule is CCNCC1CCN(C(=O)CCSc2ccc3c(c2)OCCCO3)CC1. The first kappa shape index (κ1) is 19.4. The van der Waals surface area contributed by atoms with Crippen LogP contribution >= 0.6 is 11.8 Å². The summed E-state index contributed by atoms with van der Waals surface area (Å²) in [5.74, 6) is 3.45. The van der Waals surface area contributed by atoms with Gasteiger partial charge in [0.1, 0.15) is 0 Å². The van der Waals surface area contributed by atoms with Crippen molar-refractivity contribution in [2.24, 2.45) is 5.92 Å². The second kappa shape index (κ2) is 10.1. The number of ether oxygens (including phenoxy) is 2. The number of amides is 1. The highest BCUT2D eigenvalue weighted by Gasteiger charge is 2.22. The van der Waals surface area contributed by atoms with Gasteiger partial charge in [0.2, 0.25) is 5.91 Å². The molecule has 1 aromatic rings. The van der Waals surface area contributed by atoms with E-state index in [1.165, 1.54) is 0 Å². The van der Waals surface area contributed by atoms with Gasteiger partial charge in [-0.15, -0.1) is 11.8 Å². The number of thioether (sulfide) groups is 1. The van der Waals surface area contributed by atoms with Crippen molar-refractivity contribution in [2.75, 3.05) is 45.1 Å². The zero-order valence-electron chi connectivity index (χ0n) is 15.7. The zero-order valence-corrected chi connectivity index (χ0v) is 16.5. The number of carbonyl (C=O) groups is 1. The number of likely N-dealkylation sites (tertiary alicyclic amines) is 1. The van der Waals surface area contributed by atoms with Crippen LogP contribution in [0.3, 0.4) is 0 Å². The second-order valence-corrected chi connectivity index (χ2v) is 8.06. The van der Waals surface area contributed by atoms with Crippen molar-refractivity contribution in [3.8, 4) is 11.5 Å². The molecular formula is C20H30N2O3S. The monoisotopic (exact) mass is 378 g/mol. The van der Waals surface area contributed by atoms with Gasteiger partial charge in [-0.25, -0.2) is 0 Å². The minimum Gasteiger partial charge on any atom is -0.490 e. The molecule has 2 heterocycles. The molecule has 1 amide bonds. The van der Waals surface area contributed by atoms with E-state index in [-0.39, 0.29) is 5.91 Å². The number of hydrogen-bond acceptors (Lipinski definition) is 5. The molecule has 0 unspecified atom stereocenters. The molecular weight excluding hydrogens is 348 g/mol. The van der Waals surface area contributed by atoms with Gasteiger partial charge in [-0.05, 0) is 50.0 Å². The Bertz CT molecular complexity index is 588. The number of fused-ring (bicyclic) bond motifs is 1. The lowest BCUT2D eigenvalue weighted by atomic mass is 9.96. The molecule has 0 atom stereocenters. The van der Waals surface area contributed by atoms with Crippen molar-refractivity contribution in [1.29, 1.82) is 0 Å². The lowest BCUT2D eigenvalue weighted by Gasteiger charge is -2.32. The highest BCUT2D eigenvalue weighted by Crippen LogP contribution is 2.34. The van der Waals surface area contributed by atoms with Gasteiger partial charge in [0.25, 0.3) is 0 Å². The van der Waals surface area contributed by atoms with Crippen LogP contribution in [0.25, 0.3) is 0 Å². The quantitative estimate of drug-likeness (QED) is 0.739. The summed E-state index contributed by atoms with van der Waals surface area (Å²) in [5.41, 5.74) is 0. The van der Waals surface area contributed by atoms with Crippen LogP contribution in [-0.2, 0) is 4.79 Å². The number of nitrogens with one attached hydrogen (secondary N) is 1. The summed E-state index contributed by atoms with van der Waals surface area (Å²) >= 11 is 1.71. The number of hydrogen-bond donors (Lipinski definition) is 1. The Hall–Kier alpha value is -1.40. The first-order valence-corrected chi connectivity index (χ1v) is 10.8. The molecule has 144 valence electrons. The number of benzene rings is 1. The van der Waals surface area contributed by atoms with Crippen LogP contribution in [0.1, 0.15) is 32.6 Å². The molecule has 1 saturated heterocycles. The normalized spacial score (nSPS) is 17.8. The van der Waals surface area contributed by atoms with Gasteiger partial charge >= 0.3 is 0 Å². The van der Waals surface area contributed by atoms with Gasteiger partial charge < -0.3 is 19.7 Å². The molecule has 0 aromatic heterocycles. The average molecular weight is 379 g/mol. The van der Waals surface area contributed by atoms with E-state index in [0.29, 0.717) is 19.6 Å². The summed E-state index contributed by atoms with van der Waals surface area (Å²) in [6, 6.07) is 6.05. The highest BCUT2D eigenvalue weighted by molar-refractivity contribution is 7.99. The predicted octanol–water partition coefficient (Wildman–Crippen LogP) is 3.18. The molecule has 26 heavy (non-hydrogen) atoms. The van der Waals surface area contributed by atoms with Crippen molar-refractivity contribution in [2.45, 2.75) is 37.5 Å². The summed E-state index contributed by atoms with van der Waals surface area (Å²) < 4.78 is 11.4. The first-order chi connectivity index (χ1) is 12.8. The maximum atomic E-state index is 12.4. The minimum atomic E-state index is 0.286. The van der Waals surface area contributed by atoms with Gasteiger partial charge in [-0.1, -0.05) is 6.92 Å². The van der Waals surface area contributed by atoms with Gasteiger partial charge in [0.15, 0.2) is 11.5 Å². The Morgan fingerprint density at radius 3 is 2.77 bits per heavy atom. The number of rotatable bonds is 7. The molecule has 1 N–H and O–H groups in total. The molecule has 0 bridgehead atoms. The molecule has 6 heteroatoms. The third-order valence-electron chi connectivity index (χ3n) is 4.95. The van der Waals surface area contributed by atoms with E-state index in [2.05, 4.69) is 18.3 Å². The fourth-order valence-corrected chi connectivity index (χ4v) is 4.25. The van der Waals surface area contributed by atoms with Gasteiger partial charge in [0.05, 0.1) is 13.2 Å². The molecule has 0 spiro atoms. The van der Waals surface area contributed by atoms with Crippen LogP contribution in [0, 0.1) is 5.92 Å². The molecule has 1 fully saturated rings. The standard InChI is InChI=1S/C20H30N2O3S/c1-2-21-15-16-6-9-22(10-7-16)20(23)8-13-26-17-4-5-18-19(14-17)25-12-3-11-24-18/h4-5,14,16,21H,2-3,6-13,15H2,1H3. The molecule has 1 aromatic carbocycles. The van der Waals surface area contributed by atoms with Crippen molar-refractivity contribution in [3.63, 3.8) is 0 Å². The van der Waals surface area contributed by atoms with E-state index < -0.39 is 0 Å². The molecule has 5 nitrogen and oxygen atoms in total. The summed E-state index contributed by atoms with van der Waals surface area (Å²) in [6.07, 6.45) is 3.75. The number of carbonyl (C=O) groups excluding carboxylic acids is 1. The Labute approximate surface area is 160 Å². The molecule has 2 aliphatic heterocycles. The molecule has 0 radical (unpaired) electrons. The van der Waals surface area contributed by atoms with E-state index in [9.17, 15) is 4.79 Å². The number of nitrogens with zero attached hydrogens (tertiary/aromatic N) is 1. The Balaban J connectivity index is 1.39. The van der Waals surface area contributed by atoms with E-state index in [4.69, 9.17) is 9.47 Å². The van der Waals surface area contributed by atoms with Crippen molar-refractivity contribution in [1.82, 2.24) is 10.2 Å². The van der Waals surface area contributed by atoms with Crippen LogP contribution in [0.5, 0.6) is 11.5 Å². The zero-order chi connectivity index (χ0) is 18.2. The summed E-state index contributed by atoms with van der Waals surface area (Å²) in [5, 5.41) is 3.41. The third-order valence-corrected chi connectivity index (χ3v) is 5.95. The first-order valence-electron chi connectivity index (χ1n) is 9.77. The summed E-state index contributed by atoms with van der Waals surface area (Å²) in [7, 11) is 0. The van der Waals surface area contributed by atoms with Crippen LogP contribution in [-0.4, -0.2) is 56.0 Å². The lowest BCUT2D eigenvalue weighted by molar-refractivity contribution is -0.132. The molecule has 2 aliphatic rings. The van der Waals surface area contributed by atoms with Crippen molar-refractivity contribution < 1.29 is 14.3 Å². The van der Waals surface area contributed by atoms with Crippen LogP contribution in [0.2, 0.25) is 0 Å². The summed E-state index contributed by atoms with van der Waals surface area (Å²) in [6.45, 7) is 7.46. The van der Waals surface area contributed by atoms with Gasteiger partial charge in [-0.2, -0.15) is 0 Å². The topological polar surface area (TPSA) is 50.8 Å². The van der Waals surface area contributed by atoms with Crippen molar-refractivity contribution in [3.05, 3.63) is 18.2 Å². The average Bonchev–Trinajstić information content (AvgIpc) is 2.91. The Morgan fingerprint density at radius 1 is 1.23 bits per heavy atom. The minimum absolute atomic E-state index is 0.286. The second-order valence-electron chi connectivity index (χ2n) is 6.89. The van der Waals surface area contributed by atoms with Crippen LogP contribution in [0.4, 0.5) is 0 Å². The van der Waals surface area contributed by atoms with E-state index >= 15 is 0 Å². The van der Waals surface area contributed by atoms with Crippen molar-refractivity contribution >= 4 is 17.7 Å². The largest absolute Gasteiger partial charge is 0.490 e. The number of piperidine rings is 1. The fraction of sp³-hybridized carbons (Fsp3) is 0.650. The van der Waals surface area contributed by atoms with E-state index in [1.54, 1.807) is 11.8 Å². The molecule has 3 rings (SSSR count). The Morgan fingerprint density at radius 2 is 2.00 bits per heavy atom. The molecule has 0 saturated carbocycles. The smallest absolute Gasteiger partial charge is 0.223 e. The summed E-state index contributed by atoms with van der Waals surface area (Å²) in [4.78, 5) is 15.6. The molecule has 0 aliphatic carbocycles. The highest BCUT2D eigenvalue weighted by atomic mass is 32.2. The fourth-order valence-electron chi connectivity index (χ4n) is 3.38. The van der Waals surface area contributed by atoms with Gasteiger partial charge in [-0.3, -0.25) is 4.79 Å². The lowest BCUT2D eigenvalue weighted by Crippen LogP contribution is -2.40. The third kappa shape index (κ3) is 5.55.